The topological polar surface area (TPSA) is 59.1 Å². The molecule has 1 N–H and O–H groups in total. The average Bonchev–Trinajstić information content (AvgIpc) is 2.42. The molecular formula is C14H12N2O2. The van der Waals surface area contributed by atoms with Gasteiger partial charge in [-0.15, -0.1) is 0 Å². The van der Waals surface area contributed by atoms with Crippen LogP contribution in [0.3, 0.4) is 0 Å². The summed E-state index contributed by atoms with van der Waals surface area (Å²) in [5, 5.41) is 2.76. The molecule has 0 radical (unpaired) electrons. The Morgan fingerprint density at radius 1 is 1.28 bits per heavy atom. The zero-order chi connectivity index (χ0) is 13.0. The van der Waals surface area contributed by atoms with Gasteiger partial charge in [0, 0.05) is 23.6 Å². The molecule has 1 amide bonds. The number of hydrogen-bond acceptors (Lipinski definition) is 3. The SMILES string of the molecule is Cc1c(C=O)cccc1NC(=O)c1cccnc1. The Labute approximate surface area is 105 Å². The predicted molar refractivity (Wildman–Crippen MR) is 68.8 cm³/mol. The van der Waals surface area contributed by atoms with Crippen LogP contribution >= 0.6 is 0 Å². The lowest BCUT2D eigenvalue weighted by Crippen LogP contribution is -2.13. The van der Waals surface area contributed by atoms with E-state index < -0.39 is 0 Å². The number of aromatic nitrogens is 1. The molecule has 2 aromatic rings. The van der Waals surface area contributed by atoms with Gasteiger partial charge >= 0.3 is 0 Å². The fourth-order valence-electron chi connectivity index (χ4n) is 1.61. The van der Waals surface area contributed by atoms with Gasteiger partial charge in [-0.05, 0) is 30.7 Å². The van der Waals surface area contributed by atoms with Crippen LogP contribution in [0.2, 0.25) is 0 Å². The number of amides is 1. The second-order valence-electron chi connectivity index (χ2n) is 3.83. The van der Waals surface area contributed by atoms with E-state index in [0.29, 0.717) is 16.8 Å². The molecule has 4 nitrogen and oxygen atoms in total. The Bertz CT molecular complexity index is 580. The third kappa shape index (κ3) is 2.43. The average molecular weight is 240 g/mol. The molecule has 0 bridgehead atoms. The van der Waals surface area contributed by atoms with E-state index in [9.17, 15) is 9.59 Å². The first-order valence-corrected chi connectivity index (χ1v) is 5.48. The van der Waals surface area contributed by atoms with Gasteiger partial charge < -0.3 is 5.32 Å². The van der Waals surface area contributed by atoms with Crippen LogP contribution in [-0.2, 0) is 0 Å². The monoisotopic (exact) mass is 240 g/mol. The van der Waals surface area contributed by atoms with Crippen LogP contribution in [0.5, 0.6) is 0 Å². The van der Waals surface area contributed by atoms with E-state index in [4.69, 9.17) is 0 Å². The van der Waals surface area contributed by atoms with Crippen LogP contribution in [0.4, 0.5) is 5.69 Å². The van der Waals surface area contributed by atoms with Crippen molar-refractivity contribution in [3.8, 4) is 0 Å². The molecule has 4 heteroatoms. The molecule has 1 heterocycles. The third-order valence-corrected chi connectivity index (χ3v) is 2.67. The summed E-state index contributed by atoms with van der Waals surface area (Å²) in [6.07, 6.45) is 3.87. The van der Waals surface area contributed by atoms with Gasteiger partial charge in [-0.25, -0.2) is 0 Å². The Hall–Kier alpha value is -2.49. The molecule has 1 aromatic heterocycles. The van der Waals surface area contributed by atoms with Crippen molar-refractivity contribution in [3.63, 3.8) is 0 Å². The number of anilines is 1. The summed E-state index contributed by atoms with van der Waals surface area (Å²) in [5.74, 6) is -0.241. The van der Waals surface area contributed by atoms with Crippen molar-refractivity contribution in [3.05, 3.63) is 59.4 Å². The minimum absolute atomic E-state index is 0.241. The maximum atomic E-state index is 11.9. The normalized spacial score (nSPS) is 9.83. The number of benzene rings is 1. The molecule has 0 aliphatic rings. The summed E-state index contributed by atoms with van der Waals surface area (Å²) in [7, 11) is 0. The lowest BCUT2D eigenvalue weighted by Gasteiger charge is -2.09. The van der Waals surface area contributed by atoms with E-state index in [1.807, 2.05) is 0 Å². The molecule has 0 spiro atoms. The van der Waals surface area contributed by atoms with Crippen LogP contribution in [0.1, 0.15) is 26.3 Å². The highest BCUT2D eigenvalue weighted by atomic mass is 16.1. The highest BCUT2D eigenvalue weighted by molar-refractivity contribution is 6.04. The Kier molecular flexibility index (Phi) is 3.48. The second kappa shape index (κ2) is 5.23. The maximum Gasteiger partial charge on any atom is 0.257 e. The summed E-state index contributed by atoms with van der Waals surface area (Å²) in [6, 6.07) is 8.58. The van der Waals surface area contributed by atoms with Gasteiger partial charge in [0.25, 0.3) is 5.91 Å². The lowest BCUT2D eigenvalue weighted by molar-refractivity contribution is 0.102. The number of nitrogens with one attached hydrogen (secondary N) is 1. The lowest BCUT2D eigenvalue weighted by atomic mass is 10.1. The molecule has 0 aliphatic heterocycles. The first-order chi connectivity index (χ1) is 8.72. The van der Waals surface area contributed by atoms with Gasteiger partial charge in [-0.3, -0.25) is 14.6 Å². The predicted octanol–water partition coefficient (Wildman–Crippen LogP) is 2.45. The molecule has 18 heavy (non-hydrogen) atoms. The quantitative estimate of drug-likeness (QED) is 0.838. The Morgan fingerprint density at radius 2 is 2.11 bits per heavy atom. The standard InChI is InChI=1S/C14H12N2O2/c1-10-12(9-17)4-2-6-13(10)16-14(18)11-5-3-7-15-8-11/h2-9H,1H3,(H,16,18). The van der Waals surface area contributed by atoms with Crippen LogP contribution < -0.4 is 5.32 Å². The molecule has 0 fully saturated rings. The van der Waals surface area contributed by atoms with Crippen molar-refractivity contribution < 1.29 is 9.59 Å². The molecule has 0 saturated carbocycles. The van der Waals surface area contributed by atoms with Crippen molar-refractivity contribution in [1.29, 1.82) is 0 Å². The molecule has 0 saturated heterocycles. The minimum atomic E-state index is -0.241. The van der Waals surface area contributed by atoms with E-state index in [1.165, 1.54) is 6.20 Å². The number of carbonyl (C=O) groups is 2. The van der Waals surface area contributed by atoms with Crippen LogP contribution in [0.15, 0.2) is 42.7 Å². The fraction of sp³-hybridized carbons (Fsp3) is 0.0714. The summed E-state index contributed by atoms with van der Waals surface area (Å²) >= 11 is 0. The van der Waals surface area contributed by atoms with E-state index in [1.54, 1.807) is 43.5 Å². The number of carbonyl (C=O) groups excluding carboxylic acids is 2. The van der Waals surface area contributed by atoms with Crippen molar-refractivity contribution in [1.82, 2.24) is 4.98 Å². The molecule has 2 rings (SSSR count). The molecule has 0 unspecified atom stereocenters. The first kappa shape index (κ1) is 12.0. The van der Waals surface area contributed by atoms with Gasteiger partial charge in [0.2, 0.25) is 0 Å². The zero-order valence-electron chi connectivity index (χ0n) is 9.88. The second-order valence-corrected chi connectivity index (χ2v) is 3.83. The van der Waals surface area contributed by atoms with Gasteiger partial charge in [0.15, 0.2) is 0 Å². The highest BCUT2D eigenvalue weighted by Crippen LogP contribution is 2.18. The van der Waals surface area contributed by atoms with Crippen LogP contribution in [-0.4, -0.2) is 17.2 Å². The Morgan fingerprint density at radius 3 is 2.78 bits per heavy atom. The third-order valence-electron chi connectivity index (χ3n) is 2.67. The van der Waals surface area contributed by atoms with Crippen molar-refractivity contribution in [2.45, 2.75) is 6.92 Å². The van der Waals surface area contributed by atoms with Crippen molar-refractivity contribution in [2.75, 3.05) is 5.32 Å². The fourth-order valence-corrected chi connectivity index (χ4v) is 1.61. The number of rotatable bonds is 3. The Balaban J connectivity index is 2.25. The number of aldehydes is 1. The number of hydrogen-bond donors (Lipinski definition) is 1. The van der Waals surface area contributed by atoms with E-state index >= 15 is 0 Å². The minimum Gasteiger partial charge on any atom is -0.322 e. The smallest absolute Gasteiger partial charge is 0.257 e. The van der Waals surface area contributed by atoms with Gasteiger partial charge in [0.05, 0.1) is 5.56 Å². The number of pyridine rings is 1. The maximum absolute atomic E-state index is 11.9. The molecule has 0 aliphatic carbocycles. The number of nitrogens with zero attached hydrogens (tertiary/aromatic N) is 1. The summed E-state index contributed by atoms with van der Waals surface area (Å²) in [5.41, 5.74) is 2.44. The van der Waals surface area contributed by atoms with Gasteiger partial charge in [-0.2, -0.15) is 0 Å². The van der Waals surface area contributed by atoms with Gasteiger partial charge in [0.1, 0.15) is 6.29 Å². The highest BCUT2D eigenvalue weighted by Gasteiger charge is 2.08. The van der Waals surface area contributed by atoms with Crippen LogP contribution in [0.25, 0.3) is 0 Å². The summed E-state index contributed by atoms with van der Waals surface area (Å²) in [4.78, 5) is 26.6. The summed E-state index contributed by atoms with van der Waals surface area (Å²) < 4.78 is 0. The summed E-state index contributed by atoms with van der Waals surface area (Å²) in [6.45, 7) is 1.79. The molecule has 90 valence electrons. The zero-order valence-corrected chi connectivity index (χ0v) is 9.88. The van der Waals surface area contributed by atoms with Crippen molar-refractivity contribution in [2.24, 2.45) is 0 Å². The van der Waals surface area contributed by atoms with Crippen molar-refractivity contribution >= 4 is 17.9 Å². The van der Waals surface area contributed by atoms with Crippen LogP contribution in [0, 0.1) is 6.92 Å². The molecular weight excluding hydrogens is 228 g/mol. The van der Waals surface area contributed by atoms with E-state index in [-0.39, 0.29) is 5.91 Å². The van der Waals surface area contributed by atoms with E-state index in [0.717, 1.165) is 11.8 Å². The largest absolute Gasteiger partial charge is 0.322 e. The molecule has 1 aromatic carbocycles. The molecule has 0 atom stereocenters. The van der Waals surface area contributed by atoms with E-state index in [2.05, 4.69) is 10.3 Å². The first-order valence-electron chi connectivity index (χ1n) is 5.48. The van der Waals surface area contributed by atoms with Gasteiger partial charge in [-0.1, -0.05) is 12.1 Å².